The first-order chi connectivity index (χ1) is 8.52. The molecule has 1 unspecified atom stereocenters. The van der Waals surface area contributed by atoms with Crippen LogP contribution in [-0.4, -0.2) is 7.11 Å². The number of ether oxygens (including phenoxy) is 1. The van der Waals surface area contributed by atoms with E-state index >= 15 is 0 Å². The van der Waals surface area contributed by atoms with Crippen LogP contribution in [0.3, 0.4) is 0 Å². The summed E-state index contributed by atoms with van der Waals surface area (Å²) in [7, 11) is 1.62. The molecule has 0 spiro atoms. The molecule has 0 aliphatic heterocycles. The molecule has 0 bridgehead atoms. The topological polar surface area (TPSA) is 48.4 Å². The molecule has 1 aromatic carbocycles. The zero-order valence-electron chi connectivity index (χ0n) is 10.0. The third-order valence-corrected chi connectivity index (χ3v) is 3.80. The van der Waals surface area contributed by atoms with Gasteiger partial charge < -0.3 is 14.9 Å². The molecule has 1 aromatic heterocycles. The number of hydrogen-bond acceptors (Lipinski definition) is 3. The monoisotopic (exact) mass is 329 g/mol. The van der Waals surface area contributed by atoms with Gasteiger partial charge in [0.15, 0.2) is 5.22 Å². The van der Waals surface area contributed by atoms with Crippen molar-refractivity contribution < 1.29 is 9.15 Å². The lowest BCUT2D eigenvalue weighted by molar-refractivity contribution is 0.402. The number of benzene rings is 1. The Morgan fingerprint density at radius 1 is 1.39 bits per heavy atom. The first-order valence-electron chi connectivity index (χ1n) is 5.37. The SMILES string of the molecule is COc1cc(C)c(Br)cc1C(N)c1ccc(Cl)o1. The van der Waals surface area contributed by atoms with Gasteiger partial charge in [0.2, 0.25) is 0 Å². The predicted octanol–water partition coefficient (Wildman–Crippen LogP) is 4.06. The number of hydrogen-bond donors (Lipinski definition) is 1. The Labute approximate surface area is 119 Å². The first kappa shape index (κ1) is 13.5. The molecule has 1 atom stereocenters. The highest BCUT2D eigenvalue weighted by molar-refractivity contribution is 9.10. The van der Waals surface area contributed by atoms with Gasteiger partial charge in [0.25, 0.3) is 0 Å². The fraction of sp³-hybridized carbons (Fsp3) is 0.231. The number of halogens is 2. The van der Waals surface area contributed by atoms with Gasteiger partial charge in [-0.05, 0) is 48.4 Å². The molecule has 2 rings (SSSR count). The van der Waals surface area contributed by atoms with Crippen LogP contribution in [0.2, 0.25) is 5.22 Å². The molecule has 2 N–H and O–H groups in total. The first-order valence-corrected chi connectivity index (χ1v) is 6.55. The molecule has 0 saturated carbocycles. The molecule has 0 amide bonds. The van der Waals surface area contributed by atoms with Crippen molar-refractivity contribution in [3.8, 4) is 5.75 Å². The standard InChI is InChI=1S/C13H13BrClNO2/c1-7-5-11(17-2)8(6-9(7)14)13(16)10-3-4-12(15)18-10/h3-6,13H,16H2,1-2H3. The summed E-state index contributed by atoms with van der Waals surface area (Å²) in [4.78, 5) is 0. The minimum Gasteiger partial charge on any atom is -0.496 e. The van der Waals surface area contributed by atoms with E-state index in [9.17, 15) is 0 Å². The third kappa shape index (κ3) is 2.55. The molecule has 0 aliphatic carbocycles. The molecule has 3 nitrogen and oxygen atoms in total. The number of rotatable bonds is 3. The van der Waals surface area contributed by atoms with Crippen LogP contribution >= 0.6 is 27.5 Å². The van der Waals surface area contributed by atoms with Gasteiger partial charge in [0.1, 0.15) is 11.5 Å². The number of aryl methyl sites for hydroxylation is 1. The molecule has 1 heterocycles. The second kappa shape index (κ2) is 5.34. The van der Waals surface area contributed by atoms with Crippen molar-refractivity contribution in [2.45, 2.75) is 13.0 Å². The van der Waals surface area contributed by atoms with E-state index < -0.39 is 6.04 Å². The molecular formula is C13H13BrClNO2. The molecule has 18 heavy (non-hydrogen) atoms. The van der Waals surface area contributed by atoms with E-state index in [2.05, 4.69) is 15.9 Å². The third-order valence-electron chi connectivity index (χ3n) is 2.75. The fourth-order valence-corrected chi connectivity index (χ4v) is 2.25. The molecule has 96 valence electrons. The maximum Gasteiger partial charge on any atom is 0.193 e. The summed E-state index contributed by atoms with van der Waals surface area (Å²) < 4.78 is 11.7. The van der Waals surface area contributed by atoms with Gasteiger partial charge in [-0.2, -0.15) is 0 Å². The van der Waals surface area contributed by atoms with Crippen LogP contribution in [0.4, 0.5) is 0 Å². The Kier molecular flexibility index (Phi) is 4.00. The van der Waals surface area contributed by atoms with E-state index in [1.54, 1.807) is 19.2 Å². The summed E-state index contributed by atoms with van der Waals surface area (Å²) in [5.41, 5.74) is 8.10. The minimum atomic E-state index is -0.413. The Morgan fingerprint density at radius 3 is 2.67 bits per heavy atom. The average Bonchev–Trinajstić information content (AvgIpc) is 2.78. The minimum absolute atomic E-state index is 0.325. The zero-order valence-corrected chi connectivity index (χ0v) is 12.4. The van der Waals surface area contributed by atoms with E-state index in [0.29, 0.717) is 11.0 Å². The van der Waals surface area contributed by atoms with Crippen LogP contribution in [-0.2, 0) is 0 Å². The van der Waals surface area contributed by atoms with Gasteiger partial charge in [-0.15, -0.1) is 0 Å². The van der Waals surface area contributed by atoms with Crippen molar-refractivity contribution >= 4 is 27.5 Å². The maximum absolute atomic E-state index is 6.17. The highest BCUT2D eigenvalue weighted by Gasteiger charge is 2.18. The normalized spacial score (nSPS) is 12.5. The van der Waals surface area contributed by atoms with Gasteiger partial charge >= 0.3 is 0 Å². The molecular weight excluding hydrogens is 318 g/mol. The van der Waals surface area contributed by atoms with Gasteiger partial charge in [0.05, 0.1) is 13.2 Å². The summed E-state index contributed by atoms with van der Waals surface area (Å²) in [5.74, 6) is 1.34. The second-order valence-electron chi connectivity index (χ2n) is 3.96. The predicted molar refractivity (Wildman–Crippen MR) is 75.2 cm³/mol. The summed E-state index contributed by atoms with van der Waals surface area (Å²) in [6.45, 7) is 1.99. The summed E-state index contributed by atoms with van der Waals surface area (Å²) >= 11 is 9.25. The van der Waals surface area contributed by atoms with Gasteiger partial charge in [-0.25, -0.2) is 0 Å². The van der Waals surface area contributed by atoms with Crippen LogP contribution in [0.25, 0.3) is 0 Å². The lowest BCUT2D eigenvalue weighted by atomic mass is 10.0. The van der Waals surface area contributed by atoms with Gasteiger partial charge in [-0.1, -0.05) is 15.9 Å². The molecule has 0 saturated heterocycles. The number of methoxy groups -OCH3 is 1. The molecule has 2 aromatic rings. The second-order valence-corrected chi connectivity index (χ2v) is 5.19. The van der Waals surface area contributed by atoms with Crippen molar-refractivity contribution in [2.24, 2.45) is 5.73 Å². The molecule has 0 aliphatic rings. The highest BCUT2D eigenvalue weighted by atomic mass is 79.9. The lowest BCUT2D eigenvalue weighted by Crippen LogP contribution is -2.12. The number of nitrogens with two attached hydrogens (primary N) is 1. The number of furan rings is 1. The van der Waals surface area contributed by atoms with Crippen molar-refractivity contribution in [2.75, 3.05) is 7.11 Å². The van der Waals surface area contributed by atoms with Crippen LogP contribution < -0.4 is 10.5 Å². The fourth-order valence-electron chi connectivity index (χ4n) is 1.74. The van der Waals surface area contributed by atoms with Crippen molar-refractivity contribution in [3.63, 3.8) is 0 Å². The molecule has 5 heteroatoms. The molecule has 0 fully saturated rings. The van der Waals surface area contributed by atoms with Crippen molar-refractivity contribution in [1.29, 1.82) is 0 Å². The Hall–Kier alpha value is -0.970. The van der Waals surface area contributed by atoms with Crippen molar-refractivity contribution in [3.05, 3.63) is 50.8 Å². The van der Waals surface area contributed by atoms with Crippen LogP contribution in [0.5, 0.6) is 5.75 Å². The van der Waals surface area contributed by atoms with E-state index in [4.69, 9.17) is 26.5 Å². The van der Waals surface area contributed by atoms with Crippen LogP contribution in [0, 0.1) is 6.92 Å². The Bertz CT molecular complexity index is 568. The van der Waals surface area contributed by atoms with Gasteiger partial charge in [0, 0.05) is 10.0 Å². The summed E-state index contributed by atoms with van der Waals surface area (Å²) in [5, 5.41) is 0.325. The largest absolute Gasteiger partial charge is 0.496 e. The highest BCUT2D eigenvalue weighted by Crippen LogP contribution is 2.34. The average molecular weight is 331 g/mol. The Balaban J connectivity index is 2.46. The van der Waals surface area contributed by atoms with Crippen molar-refractivity contribution in [1.82, 2.24) is 0 Å². The smallest absolute Gasteiger partial charge is 0.193 e. The molecule has 0 radical (unpaired) electrons. The Morgan fingerprint density at radius 2 is 2.11 bits per heavy atom. The zero-order chi connectivity index (χ0) is 13.3. The van der Waals surface area contributed by atoms with E-state index in [1.807, 2.05) is 19.1 Å². The summed E-state index contributed by atoms with van der Waals surface area (Å²) in [6.07, 6.45) is 0. The maximum atomic E-state index is 6.17. The van der Waals surface area contributed by atoms with E-state index in [1.165, 1.54) is 0 Å². The van der Waals surface area contributed by atoms with Crippen LogP contribution in [0.1, 0.15) is 22.9 Å². The van der Waals surface area contributed by atoms with E-state index in [0.717, 1.165) is 21.3 Å². The van der Waals surface area contributed by atoms with Crippen LogP contribution in [0.15, 0.2) is 33.2 Å². The van der Waals surface area contributed by atoms with E-state index in [-0.39, 0.29) is 0 Å². The summed E-state index contributed by atoms with van der Waals surface area (Å²) in [6, 6.07) is 6.90. The van der Waals surface area contributed by atoms with Gasteiger partial charge in [-0.3, -0.25) is 0 Å². The quantitative estimate of drug-likeness (QED) is 0.923. The lowest BCUT2D eigenvalue weighted by Gasteiger charge is -2.15.